The zero-order valence-corrected chi connectivity index (χ0v) is 13.3. The van der Waals surface area contributed by atoms with E-state index in [1.165, 1.54) is 0 Å². The highest BCUT2D eigenvalue weighted by molar-refractivity contribution is 6.42. The number of nitrogens with one attached hydrogen (secondary N) is 1. The molecule has 0 aliphatic heterocycles. The quantitative estimate of drug-likeness (QED) is 0.844. The van der Waals surface area contributed by atoms with Crippen LogP contribution in [0.5, 0.6) is 0 Å². The Bertz CT molecular complexity index is 558. The summed E-state index contributed by atoms with van der Waals surface area (Å²) in [6.45, 7) is 0. The van der Waals surface area contributed by atoms with Gasteiger partial charge in [0, 0.05) is 0 Å². The van der Waals surface area contributed by atoms with Gasteiger partial charge in [0.1, 0.15) is 5.54 Å². The molecule has 1 aliphatic carbocycles. The minimum atomic E-state index is -0.705. The Balaban J connectivity index is 2.02. The van der Waals surface area contributed by atoms with Crippen molar-refractivity contribution in [1.29, 1.82) is 5.26 Å². The Morgan fingerprint density at radius 3 is 2.43 bits per heavy atom. The molecule has 1 fully saturated rings. The molecule has 1 amide bonds. The number of rotatable bonds is 3. The van der Waals surface area contributed by atoms with Crippen LogP contribution in [0.15, 0.2) is 18.2 Å². The number of nitriles is 1. The predicted octanol–water partition coefficient (Wildman–Crippen LogP) is 4.27. The summed E-state index contributed by atoms with van der Waals surface area (Å²) in [5.41, 5.74) is 0.0905. The minimum absolute atomic E-state index is 0.142. The zero-order valence-electron chi connectivity index (χ0n) is 11.8. The molecule has 1 aromatic carbocycles. The van der Waals surface area contributed by atoms with Gasteiger partial charge in [0.2, 0.25) is 5.91 Å². The Morgan fingerprint density at radius 2 is 1.86 bits per heavy atom. The summed E-state index contributed by atoms with van der Waals surface area (Å²) in [5.74, 6) is -0.142. The highest BCUT2D eigenvalue weighted by Crippen LogP contribution is 2.27. The molecule has 0 spiro atoms. The summed E-state index contributed by atoms with van der Waals surface area (Å²) in [6, 6.07) is 7.46. The van der Waals surface area contributed by atoms with Gasteiger partial charge >= 0.3 is 0 Å². The van der Waals surface area contributed by atoms with Crippen LogP contribution in [0.2, 0.25) is 10.0 Å². The van der Waals surface area contributed by atoms with Crippen LogP contribution in [0.25, 0.3) is 0 Å². The SMILES string of the molecule is N#CC1(NC(=O)Cc2ccc(Cl)c(Cl)c2)CCCCCC1. The molecule has 0 heterocycles. The topological polar surface area (TPSA) is 52.9 Å². The van der Waals surface area contributed by atoms with E-state index in [0.717, 1.165) is 44.1 Å². The maximum atomic E-state index is 12.2. The predicted molar refractivity (Wildman–Crippen MR) is 84.4 cm³/mol. The van der Waals surface area contributed by atoms with Gasteiger partial charge in [0.05, 0.1) is 22.5 Å². The molecule has 0 radical (unpaired) electrons. The number of halogens is 2. The van der Waals surface area contributed by atoms with E-state index in [2.05, 4.69) is 11.4 Å². The first-order valence-electron chi connectivity index (χ1n) is 7.21. The lowest BCUT2D eigenvalue weighted by Gasteiger charge is -2.26. The van der Waals surface area contributed by atoms with E-state index >= 15 is 0 Å². The lowest BCUT2D eigenvalue weighted by molar-refractivity contribution is -0.121. The molecular formula is C16H18Cl2N2O. The summed E-state index contributed by atoms with van der Waals surface area (Å²) in [7, 11) is 0. The fraction of sp³-hybridized carbons (Fsp3) is 0.500. The second-order valence-electron chi connectivity index (χ2n) is 5.58. The van der Waals surface area contributed by atoms with E-state index in [9.17, 15) is 10.1 Å². The monoisotopic (exact) mass is 324 g/mol. The van der Waals surface area contributed by atoms with E-state index in [1.54, 1.807) is 18.2 Å². The first-order valence-corrected chi connectivity index (χ1v) is 7.96. The van der Waals surface area contributed by atoms with Gasteiger partial charge in [-0.1, -0.05) is 55.0 Å². The number of carbonyl (C=O) groups excluding carboxylic acids is 1. The van der Waals surface area contributed by atoms with E-state index in [1.807, 2.05) is 0 Å². The number of benzene rings is 1. The fourth-order valence-corrected chi connectivity index (χ4v) is 3.06. The van der Waals surface area contributed by atoms with Crippen molar-refractivity contribution in [2.45, 2.75) is 50.5 Å². The smallest absolute Gasteiger partial charge is 0.225 e. The van der Waals surface area contributed by atoms with Gasteiger partial charge in [-0.05, 0) is 30.5 Å². The lowest BCUT2D eigenvalue weighted by Crippen LogP contribution is -2.47. The Labute approximate surface area is 135 Å². The van der Waals surface area contributed by atoms with Crippen LogP contribution in [-0.2, 0) is 11.2 Å². The first kappa shape index (κ1) is 16.1. The van der Waals surface area contributed by atoms with Crippen molar-refractivity contribution < 1.29 is 4.79 Å². The van der Waals surface area contributed by atoms with Crippen molar-refractivity contribution >= 4 is 29.1 Å². The summed E-state index contributed by atoms with van der Waals surface area (Å²) >= 11 is 11.8. The van der Waals surface area contributed by atoms with Crippen LogP contribution < -0.4 is 5.32 Å². The van der Waals surface area contributed by atoms with Crippen LogP contribution in [0, 0.1) is 11.3 Å². The molecule has 3 nitrogen and oxygen atoms in total. The highest BCUT2D eigenvalue weighted by Gasteiger charge is 2.32. The second-order valence-corrected chi connectivity index (χ2v) is 6.40. The Hall–Kier alpha value is -1.24. The number of nitrogens with zero attached hydrogens (tertiary/aromatic N) is 1. The van der Waals surface area contributed by atoms with Crippen LogP contribution in [-0.4, -0.2) is 11.4 Å². The van der Waals surface area contributed by atoms with Crippen molar-refractivity contribution in [3.8, 4) is 6.07 Å². The number of amides is 1. The standard InChI is InChI=1S/C16H18Cl2N2O/c17-13-6-5-12(9-14(13)18)10-15(21)20-16(11-19)7-3-1-2-4-8-16/h5-6,9H,1-4,7-8,10H2,(H,20,21). The van der Waals surface area contributed by atoms with E-state index in [0.29, 0.717) is 10.0 Å². The van der Waals surface area contributed by atoms with Crippen molar-refractivity contribution in [1.82, 2.24) is 5.32 Å². The van der Waals surface area contributed by atoms with Crippen molar-refractivity contribution in [3.05, 3.63) is 33.8 Å². The average Bonchev–Trinajstić information content (AvgIpc) is 2.69. The molecule has 5 heteroatoms. The van der Waals surface area contributed by atoms with Gasteiger partial charge in [0.15, 0.2) is 0 Å². The molecule has 1 saturated carbocycles. The molecule has 2 rings (SSSR count). The van der Waals surface area contributed by atoms with Gasteiger partial charge < -0.3 is 5.32 Å². The van der Waals surface area contributed by atoms with Crippen molar-refractivity contribution in [2.75, 3.05) is 0 Å². The van der Waals surface area contributed by atoms with Crippen LogP contribution in [0.4, 0.5) is 0 Å². The van der Waals surface area contributed by atoms with E-state index < -0.39 is 5.54 Å². The summed E-state index contributed by atoms with van der Waals surface area (Å²) in [5, 5.41) is 13.3. The number of hydrogen-bond acceptors (Lipinski definition) is 2. The maximum Gasteiger partial charge on any atom is 0.225 e. The molecule has 112 valence electrons. The highest BCUT2D eigenvalue weighted by atomic mass is 35.5. The zero-order chi connectivity index (χ0) is 15.3. The molecule has 0 aromatic heterocycles. The minimum Gasteiger partial charge on any atom is -0.338 e. The van der Waals surface area contributed by atoms with Crippen LogP contribution in [0.3, 0.4) is 0 Å². The third-order valence-corrected chi connectivity index (χ3v) is 4.64. The largest absolute Gasteiger partial charge is 0.338 e. The normalized spacial score (nSPS) is 17.6. The Morgan fingerprint density at radius 1 is 1.19 bits per heavy atom. The third kappa shape index (κ3) is 4.36. The van der Waals surface area contributed by atoms with E-state index in [4.69, 9.17) is 23.2 Å². The number of hydrogen-bond donors (Lipinski definition) is 1. The van der Waals surface area contributed by atoms with Gasteiger partial charge in [-0.3, -0.25) is 4.79 Å². The van der Waals surface area contributed by atoms with E-state index in [-0.39, 0.29) is 12.3 Å². The molecule has 0 unspecified atom stereocenters. The molecule has 21 heavy (non-hydrogen) atoms. The second kappa shape index (κ2) is 7.15. The summed E-state index contributed by atoms with van der Waals surface area (Å²) < 4.78 is 0. The Kier molecular flexibility index (Phi) is 5.50. The molecule has 1 N–H and O–H groups in total. The molecule has 1 aliphatic rings. The number of carbonyl (C=O) groups is 1. The molecular weight excluding hydrogens is 307 g/mol. The summed E-state index contributed by atoms with van der Waals surface area (Å²) in [6.07, 6.45) is 5.91. The first-order chi connectivity index (χ1) is 10.0. The maximum absolute atomic E-state index is 12.2. The van der Waals surface area contributed by atoms with Crippen LogP contribution in [0.1, 0.15) is 44.1 Å². The van der Waals surface area contributed by atoms with Crippen molar-refractivity contribution in [3.63, 3.8) is 0 Å². The van der Waals surface area contributed by atoms with Gasteiger partial charge in [0.25, 0.3) is 0 Å². The van der Waals surface area contributed by atoms with Crippen molar-refractivity contribution in [2.24, 2.45) is 0 Å². The molecule has 0 bridgehead atoms. The fourth-order valence-electron chi connectivity index (χ4n) is 2.74. The van der Waals surface area contributed by atoms with Gasteiger partial charge in [-0.25, -0.2) is 0 Å². The third-order valence-electron chi connectivity index (χ3n) is 3.90. The van der Waals surface area contributed by atoms with Gasteiger partial charge in [-0.15, -0.1) is 0 Å². The van der Waals surface area contributed by atoms with Gasteiger partial charge in [-0.2, -0.15) is 5.26 Å². The van der Waals surface area contributed by atoms with Crippen LogP contribution >= 0.6 is 23.2 Å². The average molecular weight is 325 g/mol. The summed E-state index contributed by atoms with van der Waals surface area (Å²) in [4.78, 5) is 12.2. The molecule has 0 saturated heterocycles. The molecule has 1 aromatic rings. The molecule has 0 atom stereocenters. The lowest BCUT2D eigenvalue weighted by atomic mass is 9.91.